The van der Waals surface area contributed by atoms with Crippen LogP contribution >= 0.6 is 15.9 Å². The van der Waals surface area contributed by atoms with Crippen molar-refractivity contribution in [3.8, 4) is 0 Å². The lowest BCUT2D eigenvalue weighted by Gasteiger charge is -2.39. The third-order valence-electron chi connectivity index (χ3n) is 5.17. The minimum absolute atomic E-state index is 0.0474. The van der Waals surface area contributed by atoms with Crippen molar-refractivity contribution < 1.29 is 30.7 Å². The zero-order valence-corrected chi connectivity index (χ0v) is 18.1. The minimum atomic E-state index is -4.16. The predicted octanol–water partition coefficient (Wildman–Crippen LogP) is 3.57. The van der Waals surface area contributed by atoms with Crippen LogP contribution in [0.3, 0.4) is 0 Å². The van der Waals surface area contributed by atoms with Crippen molar-refractivity contribution in [1.82, 2.24) is 4.90 Å². The summed E-state index contributed by atoms with van der Waals surface area (Å²) in [6, 6.07) is 13.2. The number of fused-ring (bicyclic) bond motifs is 1. The number of amides is 1. The number of hydrogen-bond donors (Lipinski definition) is 0. The average Bonchev–Trinajstić information content (AvgIpc) is 3.05. The number of hydrogen-bond acceptors (Lipinski definition) is 6. The molecule has 2 fully saturated rings. The molecule has 0 spiro atoms. The Hall–Kier alpha value is -2.01. The number of benzene rings is 2. The smallest absolute Gasteiger partial charge is 0.410 e. The van der Waals surface area contributed by atoms with Crippen LogP contribution < -0.4 is 0 Å². The second-order valence-corrected chi connectivity index (χ2v) is 9.17. The van der Waals surface area contributed by atoms with Gasteiger partial charge in [-0.15, -0.1) is 0 Å². The Balaban J connectivity index is 1.57. The number of piperidine rings is 1. The highest BCUT2D eigenvalue weighted by Crippen LogP contribution is 2.34. The standard InChI is InChI=1S/C20H19BrFNO6S/c21-15-8-4-7-14(18(15)22)11-16-19-17(28-30(25,26)29-19)9-10-23(16)20(24)27-12-13-5-2-1-3-6-13/h1-8,16-17,19H,9-12H2/t16?,17-,19?/m1/s1. The molecule has 7 nitrogen and oxygen atoms in total. The summed E-state index contributed by atoms with van der Waals surface area (Å²) < 4.78 is 54.1. The summed E-state index contributed by atoms with van der Waals surface area (Å²) in [6.45, 7) is 0.270. The fourth-order valence-corrected chi connectivity index (χ4v) is 5.23. The van der Waals surface area contributed by atoms with Crippen molar-refractivity contribution >= 4 is 32.4 Å². The maximum Gasteiger partial charge on any atom is 0.410 e. The van der Waals surface area contributed by atoms with Gasteiger partial charge in [-0.05, 0) is 46.0 Å². The van der Waals surface area contributed by atoms with Gasteiger partial charge in [-0.3, -0.25) is 0 Å². The maximum absolute atomic E-state index is 14.6. The summed E-state index contributed by atoms with van der Waals surface area (Å²) in [4.78, 5) is 14.2. The highest BCUT2D eigenvalue weighted by Gasteiger charge is 2.51. The summed E-state index contributed by atoms with van der Waals surface area (Å²) in [5.41, 5.74) is 1.14. The molecule has 2 aliphatic rings. The molecule has 160 valence electrons. The van der Waals surface area contributed by atoms with Gasteiger partial charge in [-0.1, -0.05) is 42.5 Å². The monoisotopic (exact) mass is 499 g/mol. The van der Waals surface area contributed by atoms with Crippen molar-refractivity contribution in [2.45, 2.75) is 37.7 Å². The van der Waals surface area contributed by atoms with Crippen LogP contribution in [0.15, 0.2) is 53.0 Å². The largest absolute Gasteiger partial charge is 0.445 e. The lowest BCUT2D eigenvalue weighted by molar-refractivity contribution is -0.00491. The summed E-state index contributed by atoms with van der Waals surface area (Å²) >= 11 is 3.15. The van der Waals surface area contributed by atoms with E-state index in [1.54, 1.807) is 18.2 Å². The highest BCUT2D eigenvalue weighted by molar-refractivity contribution is 9.10. The van der Waals surface area contributed by atoms with Gasteiger partial charge >= 0.3 is 16.5 Å². The molecule has 4 rings (SSSR count). The number of carbonyl (C=O) groups excluding carboxylic acids is 1. The first-order valence-corrected chi connectivity index (χ1v) is 11.5. The van der Waals surface area contributed by atoms with Gasteiger partial charge in [0, 0.05) is 6.54 Å². The molecule has 2 saturated heterocycles. The van der Waals surface area contributed by atoms with Crippen LogP contribution in [0.1, 0.15) is 17.5 Å². The molecule has 0 saturated carbocycles. The van der Waals surface area contributed by atoms with Crippen LogP contribution in [0.25, 0.3) is 0 Å². The van der Waals surface area contributed by atoms with E-state index in [1.807, 2.05) is 30.3 Å². The van der Waals surface area contributed by atoms with Crippen LogP contribution in [0.4, 0.5) is 9.18 Å². The molecule has 2 aliphatic heterocycles. The first-order chi connectivity index (χ1) is 14.3. The van der Waals surface area contributed by atoms with Gasteiger partial charge in [0.15, 0.2) is 0 Å². The molecule has 30 heavy (non-hydrogen) atoms. The number of ether oxygens (including phenoxy) is 1. The highest BCUT2D eigenvalue weighted by atomic mass is 79.9. The van der Waals surface area contributed by atoms with Crippen molar-refractivity contribution in [1.29, 1.82) is 0 Å². The molecular weight excluding hydrogens is 481 g/mol. The van der Waals surface area contributed by atoms with Gasteiger partial charge in [0.25, 0.3) is 0 Å². The average molecular weight is 500 g/mol. The molecule has 2 aromatic rings. The molecule has 2 heterocycles. The van der Waals surface area contributed by atoms with E-state index < -0.39 is 40.6 Å². The first kappa shape index (κ1) is 21.2. The second-order valence-electron chi connectivity index (χ2n) is 7.11. The molecule has 2 unspecified atom stereocenters. The van der Waals surface area contributed by atoms with Gasteiger partial charge in [-0.25, -0.2) is 17.6 Å². The summed E-state index contributed by atoms with van der Waals surface area (Å²) in [6.07, 6.45) is -1.97. The molecule has 2 aromatic carbocycles. The van der Waals surface area contributed by atoms with Gasteiger partial charge in [0.05, 0.1) is 10.5 Å². The van der Waals surface area contributed by atoms with E-state index in [9.17, 15) is 17.6 Å². The molecular formula is C20H19BrFNO6S. The van der Waals surface area contributed by atoms with Crippen LogP contribution in [0.5, 0.6) is 0 Å². The van der Waals surface area contributed by atoms with E-state index in [2.05, 4.69) is 15.9 Å². The number of likely N-dealkylation sites (tertiary alicyclic amines) is 1. The Morgan fingerprint density at radius 1 is 1.17 bits per heavy atom. The number of halogens is 2. The number of rotatable bonds is 4. The molecule has 0 bridgehead atoms. The fraction of sp³-hybridized carbons (Fsp3) is 0.350. The zero-order chi connectivity index (χ0) is 21.3. The van der Waals surface area contributed by atoms with E-state index in [0.717, 1.165) is 5.56 Å². The Morgan fingerprint density at radius 3 is 2.70 bits per heavy atom. The predicted molar refractivity (Wildman–Crippen MR) is 108 cm³/mol. The van der Waals surface area contributed by atoms with Crippen molar-refractivity contribution in [3.63, 3.8) is 0 Å². The fourth-order valence-electron chi connectivity index (χ4n) is 3.75. The lowest BCUT2D eigenvalue weighted by atomic mass is 9.91. The van der Waals surface area contributed by atoms with Gasteiger partial charge < -0.3 is 9.64 Å². The number of nitrogens with zero attached hydrogens (tertiary/aromatic N) is 1. The third kappa shape index (κ3) is 4.51. The lowest BCUT2D eigenvalue weighted by Crippen LogP contribution is -2.56. The Kier molecular flexibility index (Phi) is 6.10. The maximum atomic E-state index is 14.6. The minimum Gasteiger partial charge on any atom is -0.445 e. The number of carbonyl (C=O) groups is 1. The van der Waals surface area contributed by atoms with E-state index in [4.69, 9.17) is 13.1 Å². The summed E-state index contributed by atoms with van der Waals surface area (Å²) in [7, 11) is -4.16. The van der Waals surface area contributed by atoms with E-state index in [1.165, 1.54) is 4.90 Å². The quantitative estimate of drug-likeness (QED) is 0.639. The van der Waals surface area contributed by atoms with Crippen molar-refractivity contribution in [2.75, 3.05) is 6.54 Å². The Labute approximate surface area is 182 Å². The normalized spacial score (nSPS) is 25.0. The van der Waals surface area contributed by atoms with Crippen LogP contribution in [0, 0.1) is 5.82 Å². The topological polar surface area (TPSA) is 82.1 Å². The molecule has 0 aromatic heterocycles. The van der Waals surface area contributed by atoms with E-state index in [0.29, 0.717) is 5.56 Å². The molecule has 0 aliphatic carbocycles. The van der Waals surface area contributed by atoms with Crippen LogP contribution in [-0.4, -0.2) is 44.2 Å². The summed E-state index contributed by atoms with van der Waals surface area (Å²) in [5.74, 6) is -0.473. The van der Waals surface area contributed by atoms with Crippen molar-refractivity contribution in [2.24, 2.45) is 0 Å². The van der Waals surface area contributed by atoms with E-state index >= 15 is 0 Å². The molecule has 0 radical (unpaired) electrons. The Bertz CT molecular complexity index is 1030. The Morgan fingerprint density at radius 2 is 1.93 bits per heavy atom. The second kappa shape index (κ2) is 8.62. The van der Waals surface area contributed by atoms with Gasteiger partial charge in [0.2, 0.25) is 0 Å². The van der Waals surface area contributed by atoms with Gasteiger partial charge in [0.1, 0.15) is 24.6 Å². The SMILES string of the molecule is O=C(OCc1ccccc1)N1CC[C@H]2OS(=O)(=O)OC2C1Cc1cccc(Br)c1F. The van der Waals surface area contributed by atoms with E-state index in [-0.39, 0.29) is 30.5 Å². The molecule has 0 N–H and O–H groups in total. The summed E-state index contributed by atoms with van der Waals surface area (Å²) in [5, 5.41) is 0. The van der Waals surface area contributed by atoms with Crippen LogP contribution in [0.2, 0.25) is 0 Å². The first-order valence-electron chi connectivity index (χ1n) is 9.36. The molecule has 1 amide bonds. The van der Waals surface area contributed by atoms with Crippen molar-refractivity contribution in [3.05, 3.63) is 69.9 Å². The molecule has 3 atom stereocenters. The van der Waals surface area contributed by atoms with Crippen LogP contribution in [-0.2, 0) is 36.5 Å². The zero-order valence-electron chi connectivity index (χ0n) is 15.7. The van der Waals surface area contributed by atoms with Gasteiger partial charge in [-0.2, -0.15) is 8.42 Å². The molecule has 10 heteroatoms. The third-order valence-corrected chi connectivity index (χ3v) is 6.72.